The van der Waals surface area contributed by atoms with Crippen LogP contribution in [0.15, 0.2) is 18.2 Å². The maximum Gasteiger partial charge on any atom is 0.0465 e. The Balaban J connectivity index is 2.80. The van der Waals surface area contributed by atoms with Gasteiger partial charge in [-0.1, -0.05) is 45.2 Å². The first-order valence-electron chi connectivity index (χ1n) is 4.75. The van der Waals surface area contributed by atoms with Crippen molar-refractivity contribution < 1.29 is 0 Å². The fourth-order valence-corrected chi connectivity index (χ4v) is 2.22. The molecule has 1 aromatic rings. The van der Waals surface area contributed by atoms with Gasteiger partial charge in [0.15, 0.2) is 0 Å². The molecule has 0 N–H and O–H groups in total. The van der Waals surface area contributed by atoms with Crippen molar-refractivity contribution in [2.24, 2.45) is 0 Å². The molecule has 15 heavy (non-hydrogen) atoms. The highest BCUT2D eigenvalue weighted by molar-refractivity contribution is 9.09. The van der Waals surface area contributed by atoms with Crippen molar-refractivity contribution >= 4 is 39.1 Å². The van der Waals surface area contributed by atoms with Gasteiger partial charge in [0.2, 0.25) is 0 Å². The molecule has 1 unspecified atom stereocenters. The number of alkyl halides is 1. The number of hydrogen-bond donors (Lipinski definition) is 0. The summed E-state index contributed by atoms with van der Waals surface area (Å²) < 4.78 is 0. The lowest BCUT2D eigenvalue weighted by atomic mass is 10.2. The minimum atomic E-state index is 0.456. The Morgan fingerprint density at radius 2 is 1.87 bits per heavy atom. The lowest BCUT2D eigenvalue weighted by Gasteiger charge is -2.23. The smallest absolute Gasteiger partial charge is 0.0465 e. The molecular weight excluding hydrogens is 297 g/mol. The molecule has 0 aliphatic heterocycles. The van der Waals surface area contributed by atoms with Crippen LogP contribution in [0.1, 0.15) is 12.5 Å². The summed E-state index contributed by atoms with van der Waals surface area (Å²) in [6.07, 6.45) is 0. The Morgan fingerprint density at radius 1 is 1.33 bits per heavy atom. The zero-order valence-electron chi connectivity index (χ0n) is 8.80. The van der Waals surface area contributed by atoms with Crippen LogP contribution in [0.5, 0.6) is 0 Å². The van der Waals surface area contributed by atoms with Gasteiger partial charge in [-0.15, -0.1) is 0 Å². The van der Waals surface area contributed by atoms with Gasteiger partial charge in [-0.2, -0.15) is 0 Å². The van der Waals surface area contributed by atoms with E-state index in [-0.39, 0.29) is 0 Å². The van der Waals surface area contributed by atoms with E-state index in [2.05, 4.69) is 34.8 Å². The molecule has 1 rings (SSSR count). The second-order valence-electron chi connectivity index (χ2n) is 3.62. The third-order valence-corrected chi connectivity index (χ3v) is 4.09. The van der Waals surface area contributed by atoms with E-state index in [1.165, 1.54) is 0 Å². The van der Waals surface area contributed by atoms with Crippen LogP contribution in [0.4, 0.5) is 0 Å². The summed E-state index contributed by atoms with van der Waals surface area (Å²) in [7, 11) is 2.06. The summed E-state index contributed by atoms with van der Waals surface area (Å²) in [5.74, 6) is 0. The van der Waals surface area contributed by atoms with Gasteiger partial charge in [0.05, 0.1) is 0 Å². The second kappa shape index (κ2) is 6.09. The molecule has 0 amide bonds. The van der Waals surface area contributed by atoms with E-state index >= 15 is 0 Å². The van der Waals surface area contributed by atoms with Crippen LogP contribution in [0.25, 0.3) is 0 Å². The molecule has 0 aliphatic carbocycles. The van der Waals surface area contributed by atoms with E-state index in [1.807, 2.05) is 18.2 Å². The first kappa shape index (κ1) is 13.3. The van der Waals surface area contributed by atoms with Crippen LogP contribution in [-0.4, -0.2) is 23.3 Å². The molecule has 1 aromatic carbocycles. The summed E-state index contributed by atoms with van der Waals surface area (Å²) in [6, 6.07) is 6.06. The Kier molecular flexibility index (Phi) is 5.41. The molecule has 0 fully saturated rings. The molecule has 84 valence electrons. The van der Waals surface area contributed by atoms with Gasteiger partial charge < -0.3 is 0 Å². The van der Waals surface area contributed by atoms with Crippen molar-refractivity contribution in [2.45, 2.75) is 19.5 Å². The molecule has 0 aliphatic rings. The first-order chi connectivity index (χ1) is 7.06. The Morgan fingerprint density at radius 3 is 2.33 bits per heavy atom. The maximum absolute atomic E-state index is 6.10. The third-order valence-electron chi connectivity index (χ3n) is 2.44. The molecule has 0 radical (unpaired) electrons. The Hall–Kier alpha value is 0.240. The zero-order chi connectivity index (χ0) is 11.4. The van der Waals surface area contributed by atoms with Gasteiger partial charge in [0.1, 0.15) is 0 Å². The number of hydrogen-bond acceptors (Lipinski definition) is 1. The third kappa shape index (κ3) is 3.63. The van der Waals surface area contributed by atoms with Crippen molar-refractivity contribution in [3.63, 3.8) is 0 Å². The van der Waals surface area contributed by atoms with Crippen LogP contribution in [0.2, 0.25) is 10.0 Å². The molecule has 4 heteroatoms. The summed E-state index contributed by atoms with van der Waals surface area (Å²) in [5, 5.41) is 2.40. The lowest BCUT2D eigenvalue weighted by Crippen LogP contribution is -2.29. The molecule has 0 saturated heterocycles. The highest BCUT2D eigenvalue weighted by atomic mass is 79.9. The normalized spacial score (nSPS) is 13.2. The van der Waals surface area contributed by atoms with E-state index in [4.69, 9.17) is 23.2 Å². The van der Waals surface area contributed by atoms with E-state index in [9.17, 15) is 0 Å². The summed E-state index contributed by atoms with van der Waals surface area (Å²) in [6.45, 7) is 2.92. The van der Waals surface area contributed by atoms with E-state index in [1.54, 1.807) is 0 Å². The highest BCUT2D eigenvalue weighted by Gasteiger charge is 2.12. The quantitative estimate of drug-likeness (QED) is 0.753. The van der Waals surface area contributed by atoms with Gasteiger partial charge in [0, 0.05) is 33.5 Å². The Bertz CT molecular complexity index is 310. The monoisotopic (exact) mass is 309 g/mol. The topological polar surface area (TPSA) is 3.24 Å². The van der Waals surface area contributed by atoms with Crippen molar-refractivity contribution in [2.75, 3.05) is 12.4 Å². The number of nitrogens with zero attached hydrogens (tertiary/aromatic N) is 1. The van der Waals surface area contributed by atoms with Crippen molar-refractivity contribution in [3.8, 4) is 0 Å². The average Bonchev–Trinajstić information content (AvgIpc) is 2.22. The molecule has 0 spiro atoms. The SMILES string of the molecule is CC(CBr)N(C)Cc1c(Cl)cccc1Cl. The molecule has 0 bridgehead atoms. The van der Waals surface area contributed by atoms with E-state index < -0.39 is 0 Å². The first-order valence-corrected chi connectivity index (χ1v) is 6.63. The van der Waals surface area contributed by atoms with Gasteiger partial charge in [-0.3, -0.25) is 4.90 Å². The maximum atomic E-state index is 6.10. The van der Waals surface area contributed by atoms with Crippen LogP contribution in [-0.2, 0) is 6.54 Å². The predicted molar refractivity (Wildman–Crippen MR) is 71.2 cm³/mol. The highest BCUT2D eigenvalue weighted by Crippen LogP contribution is 2.25. The lowest BCUT2D eigenvalue weighted by molar-refractivity contribution is 0.271. The molecule has 1 nitrogen and oxygen atoms in total. The van der Waals surface area contributed by atoms with Crippen LogP contribution < -0.4 is 0 Å². The largest absolute Gasteiger partial charge is 0.299 e. The molecule has 0 heterocycles. The number of benzene rings is 1. The second-order valence-corrected chi connectivity index (χ2v) is 5.08. The van der Waals surface area contributed by atoms with Crippen LogP contribution in [0.3, 0.4) is 0 Å². The van der Waals surface area contributed by atoms with Crippen molar-refractivity contribution in [1.29, 1.82) is 0 Å². The van der Waals surface area contributed by atoms with Crippen molar-refractivity contribution in [1.82, 2.24) is 4.90 Å². The molecule has 1 atom stereocenters. The number of halogens is 3. The standard InChI is InChI=1S/C11H14BrCl2N/c1-8(6-12)15(2)7-9-10(13)4-3-5-11(9)14/h3-5,8H,6-7H2,1-2H3. The molecule has 0 saturated carbocycles. The summed E-state index contributed by atoms with van der Waals surface area (Å²) >= 11 is 15.7. The fourth-order valence-electron chi connectivity index (χ4n) is 1.21. The summed E-state index contributed by atoms with van der Waals surface area (Å²) in [5.41, 5.74) is 0.996. The van der Waals surface area contributed by atoms with E-state index in [0.29, 0.717) is 6.04 Å². The minimum absolute atomic E-state index is 0.456. The minimum Gasteiger partial charge on any atom is -0.299 e. The van der Waals surface area contributed by atoms with Gasteiger partial charge >= 0.3 is 0 Å². The van der Waals surface area contributed by atoms with Crippen LogP contribution in [0, 0.1) is 0 Å². The number of rotatable bonds is 4. The molecular formula is C11H14BrCl2N. The Labute approximate surface area is 109 Å². The van der Waals surface area contributed by atoms with Gasteiger partial charge in [0.25, 0.3) is 0 Å². The van der Waals surface area contributed by atoms with Crippen molar-refractivity contribution in [3.05, 3.63) is 33.8 Å². The zero-order valence-corrected chi connectivity index (χ0v) is 11.9. The fraction of sp³-hybridized carbons (Fsp3) is 0.455. The predicted octanol–water partition coefficient (Wildman–Crippen LogP) is 4.21. The van der Waals surface area contributed by atoms with Crippen LogP contribution >= 0.6 is 39.1 Å². The van der Waals surface area contributed by atoms with E-state index in [0.717, 1.165) is 27.5 Å². The van der Waals surface area contributed by atoms with Gasteiger partial charge in [-0.05, 0) is 26.1 Å². The van der Waals surface area contributed by atoms with Gasteiger partial charge in [-0.25, -0.2) is 0 Å². The average molecular weight is 311 g/mol. The summed E-state index contributed by atoms with van der Waals surface area (Å²) in [4.78, 5) is 2.21. The molecule has 0 aromatic heterocycles.